The van der Waals surface area contributed by atoms with Gasteiger partial charge in [-0.15, -0.1) is 0 Å². The summed E-state index contributed by atoms with van der Waals surface area (Å²) < 4.78 is 5.05. The molecule has 0 N–H and O–H groups in total. The summed E-state index contributed by atoms with van der Waals surface area (Å²) in [6.45, 7) is 2.81. The Morgan fingerprint density at radius 2 is 2.28 bits per heavy atom. The van der Waals surface area contributed by atoms with E-state index in [4.69, 9.17) is 4.52 Å². The number of carbonyl (C=O) groups excluding carboxylic acids is 1. The highest BCUT2D eigenvalue weighted by atomic mass is 16.5. The maximum absolute atomic E-state index is 12.6. The summed E-state index contributed by atoms with van der Waals surface area (Å²) in [5.41, 5.74) is 3.69. The summed E-state index contributed by atoms with van der Waals surface area (Å²) in [5.74, 6) is 0.819. The van der Waals surface area contributed by atoms with Crippen molar-refractivity contribution in [2.24, 2.45) is 0 Å². The van der Waals surface area contributed by atoms with Crippen molar-refractivity contribution in [1.29, 1.82) is 0 Å². The molecule has 8 nitrogen and oxygen atoms in total. The number of hydrogen-bond donors (Lipinski definition) is 0. The monoisotopic (exact) mass is 336 g/mol. The zero-order chi connectivity index (χ0) is 17.2. The van der Waals surface area contributed by atoms with Crippen molar-refractivity contribution in [1.82, 2.24) is 30.0 Å². The van der Waals surface area contributed by atoms with Crippen molar-refractivity contribution in [3.63, 3.8) is 0 Å². The van der Waals surface area contributed by atoms with Gasteiger partial charge >= 0.3 is 0 Å². The molecule has 4 heterocycles. The van der Waals surface area contributed by atoms with E-state index in [0.29, 0.717) is 31.2 Å². The molecule has 0 saturated heterocycles. The molecule has 0 radical (unpaired) electrons. The summed E-state index contributed by atoms with van der Waals surface area (Å²) in [7, 11) is 0. The van der Waals surface area contributed by atoms with E-state index in [-0.39, 0.29) is 12.3 Å². The lowest BCUT2D eigenvalue weighted by atomic mass is 10.00. The zero-order valence-electron chi connectivity index (χ0n) is 13.7. The van der Waals surface area contributed by atoms with Gasteiger partial charge in [0.1, 0.15) is 12.7 Å². The zero-order valence-corrected chi connectivity index (χ0v) is 13.7. The fraction of sp³-hybridized carbons (Fsp3) is 0.294. The van der Waals surface area contributed by atoms with Gasteiger partial charge < -0.3 is 9.42 Å². The van der Waals surface area contributed by atoms with Crippen molar-refractivity contribution in [3.8, 4) is 11.3 Å². The van der Waals surface area contributed by atoms with Gasteiger partial charge in [-0.25, -0.2) is 9.97 Å². The minimum absolute atomic E-state index is 0.0460. The van der Waals surface area contributed by atoms with Gasteiger partial charge in [0.25, 0.3) is 0 Å². The first-order valence-corrected chi connectivity index (χ1v) is 8.01. The molecular formula is C17H16N6O2. The Morgan fingerprint density at radius 3 is 3.04 bits per heavy atom. The molecule has 1 amide bonds. The van der Waals surface area contributed by atoms with Gasteiger partial charge in [0, 0.05) is 43.0 Å². The largest absolute Gasteiger partial charge is 0.339 e. The third-order valence-electron chi connectivity index (χ3n) is 4.16. The van der Waals surface area contributed by atoms with E-state index in [1.807, 2.05) is 12.1 Å². The van der Waals surface area contributed by atoms with Crippen molar-refractivity contribution in [2.45, 2.75) is 26.3 Å². The average Bonchev–Trinajstić information content (AvgIpc) is 3.06. The third-order valence-corrected chi connectivity index (χ3v) is 4.16. The Morgan fingerprint density at radius 1 is 1.36 bits per heavy atom. The van der Waals surface area contributed by atoms with E-state index < -0.39 is 0 Å². The van der Waals surface area contributed by atoms with Crippen molar-refractivity contribution >= 4 is 5.91 Å². The number of nitrogens with zero attached hydrogens (tertiary/aromatic N) is 6. The molecule has 126 valence electrons. The van der Waals surface area contributed by atoms with Crippen LogP contribution in [0.5, 0.6) is 0 Å². The second-order valence-corrected chi connectivity index (χ2v) is 5.87. The summed E-state index contributed by atoms with van der Waals surface area (Å²) >= 11 is 0. The van der Waals surface area contributed by atoms with Gasteiger partial charge in [-0.3, -0.25) is 9.78 Å². The lowest BCUT2D eigenvalue weighted by Gasteiger charge is -2.29. The predicted molar refractivity (Wildman–Crippen MR) is 87.1 cm³/mol. The van der Waals surface area contributed by atoms with Crippen LogP contribution in [0.3, 0.4) is 0 Å². The van der Waals surface area contributed by atoms with Gasteiger partial charge in [0.05, 0.1) is 11.4 Å². The quantitative estimate of drug-likeness (QED) is 0.712. The molecule has 0 aromatic carbocycles. The maximum Gasteiger partial charge on any atom is 0.236 e. The molecule has 0 saturated carbocycles. The van der Waals surface area contributed by atoms with Crippen LogP contribution in [0.25, 0.3) is 11.3 Å². The van der Waals surface area contributed by atoms with Gasteiger partial charge in [-0.2, -0.15) is 4.98 Å². The maximum atomic E-state index is 12.6. The molecule has 25 heavy (non-hydrogen) atoms. The fourth-order valence-electron chi connectivity index (χ4n) is 2.96. The molecule has 8 heteroatoms. The van der Waals surface area contributed by atoms with E-state index >= 15 is 0 Å². The van der Waals surface area contributed by atoms with E-state index in [2.05, 4.69) is 25.1 Å². The second kappa shape index (κ2) is 6.39. The molecule has 3 aromatic rings. The molecule has 4 rings (SSSR count). The number of aromatic nitrogens is 5. The van der Waals surface area contributed by atoms with Crippen LogP contribution in [-0.2, 0) is 24.2 Å². The topological polar surface area (TPSA) is 97.9 Å². The highest BCUT2D eigenvalue weighted by molar-refractivity contribution is 5.78. The molecule has 0 fully saturated rings. The number of rotatable bonds is 3. The Kier molecular flexibility index (Phi) is 3.93. The van der Waals surface area contributed by atoms with E-state index in [9.17, 15) is 4.79 Å². The Bertz CT molecular complexity index is 909. The number of amides is 1. The second-order valence-electron chi connectivity index (χ2n) is 5.87. The molecule has 0 unspecified atom stereocenters. The average molecular weight is 336 g/mol. The third kappa shape index (κ3) is 3.10. The van der Waals surface area contributed by atoms with Crippen molar-refractivity contribution in [3.05, 3.63) is 53.8 Å². The lowest BCUT2D eigenvalue weighted by molar-refractivity contribution is -0.131. The van der Waals surface area contributed by atoms with Crippen LogP contribution in [0.15, 0.2) is 35.4 Å². The number of aryl methyl sites for hydroxylation is 1. The Balaban J connectivity index is 1.59. The standard InChI is InChI=1S/C17H16N6O2/c1-11-21-15(25-22-11)7-16(24)23-6-4-14-13(9-23)17(20-10-19-14)12-3-2-5-18-8-12/h2-3,5,8,10H,4,6-7,9H2,1H3. The molecule has 0 atom stereocenters. The highest BCUT2D eigenvalue weighted by Gasteiger charge is 2.26. The Labute approximate surface area is 143 Å². The SMILES string of the molecule is Cc1noc(CC(=O)N2CCc3ncnc(-c4cccnc4)c3C2)n1. The van der Waals surface area contributed by atoms with Crippen LogP contribution < -0.4 is 0 Å². The first-order valence-electron chi connectivity index (χ1n) is 8.01. The van der Waals surface area contributed by atoms with E-state index in [0.717, 1.165) is 22.5 Å². The van der Waals surface area contributed by atoms with Gasteiger partial charge in [0.15, 0.2) is 5.82 Å². The molecule has 0 bridgehead atoms. The number of pyridine rings is 1. The fourth-order valence-corrected chi connectivity index (χ4v) is 2.96. The number of fused-ring (bicyclic) bond motifs is 1. The predicted octanol–water partition coefficient (Wildman–Crippen LogP) is 1.36. The van der Waals surface area contributed by atoms with E-state index in [1.54, 1.807) is 30.5 Å². The summed E-state index contributed by atoms with van der Waals surface area (Å²) in [6, 6.07) is 3.82. The number of hydrogen-bond acceptors (Lipinski definition) is 7. The van der Waals surface area contributed by atoms with Crippen LogP contribution in [-0.4, -0.2) is 42.4 Å². The van der Waals surface area contributed by atoms with Crippen LogP contribution in [0.1, 0.15) is 23.0 Å². The first kappa shape index (κ1) is 15.4. The minimum Gasteiger partial charge on any atom is -0.339 e. The smallest absolute Gasteiger partial charge is 0.236 e. The van der Waals surface area contributed by atoms with E-state index in [1.165, 1.54) is 0 Å². The van der Waals surface area contributed by atoms with Crippen molar-refractivity contribution in [2.75, 3.05) is 6.54 Å². The van der Waals surface area contributed by atoms with Gasteiger partial charge in [-0.1, -0.05) is 5.16 Å². The van der Waals surface area contributed by atoms with Crippen LogP contribution in [0.2, 0.25) is 0 Å². The summed E-state index contributed by atoms with van der Waals surface area (Å²) in [6.07, 6.45) is 5.86. The lowest BCUT2D eigenvalue weighted by Crippen LogP contribution is -2.37. The van der Waals surface area contributed by atoms with Crippen molar-refractivity contribution < 1.29 is 9.32 Å². The first-order chi connectivity index (χ1) is 12.2. The minimum atomic E-state index is -0.0460. The van der Waals surface area contributed by atoms with Gasteiger partial charge in [-0.05, 0) is 19.1 Å². The van der Waals surface area contributed by atoms with Crippen LogP contribution >= 0.6 is 0 Å². The number of carbonyl (C=O) groups is 1. The summed E-state index contributed by atoms with van der Waals surface area (Å²) in [4.78, 5) is 31.4. The van der Waals surface area contributed by atoms with Gasteiger partial charge in [0.2, 0.25) is 11.8 Å². The molecule has 3 aromatic heterocycles. The molecule has 1 aliphatic heterocycles. The van der Waals surface area contributed by atoms with Crippen LogP contribution in [0, 0.1) is 6.92 Å². The molecule has 0 spiro atoms. The Hall–Kier alpha value is -3.16. The molecule has 0 aliphatic carbocycles. The van der Waals surface area contributed by atoms with Crippen LogP contribution in [0.4, 0.5) is 0 Å². The molecular weight excluding hydrogens is 320 g/mol. The molecule has 1 aliphatic rings. The normalized spacial score (nSPS) is 13.6. The highest BCUT2D eigenvalue weighted by Crippen LogP contribution is 2.27. The summed E-state index contributed by atoms with van der Waals surface area (Å²) in [5, 5.41) is 3.72.